The number of quaternary nitrogens is 1. The summed E-state index contributed by atoms with van der Waals surface area (Å²) in [4.78, 5) is 35.6. The second-order valence-corrected chi connectivity index (χ2v) is 21.1. The minimum absolute atomic E-state index is 0.0372. The Morgan fingerprint density at radius 1 is 0.435 bits per heavy atom. The molecule has 0 aliphatic heterocycles. The molecule has 1 N–H and O–H groups in total. The van der Waals surface area contributed by atoms with Crippen LogP contribution < -0.4 is 0 Å². The summed E-state index contributed by atoms with van der Waals surface area (Å²) < 4.78 is 34.5. The van der Waals surface area contributed by atoms with Gasteiger partial charge in [0.2, 0.25) is 0 Å². The molecule has 0 radical (unpaired) electrons. The Hall–Kier alpha value is -0.990. The zero-order chi connectivity index (χ0) is 45.7. The van der Waals surface area contributed by atoms with Gasteiger partial charge < -0.3 is 18.9 Å². The monoisotopic (exact) mass is 903 g/mol. The fourth-order valence-electron chi connectivity index (χ4n) is 7.96. The van der Waals surface area contributed by atoms with Crippen LogP contribution in [-0.4, -0.2) is 74.9 Å². The van der Waals surface area contributed by atoms with Crippen LogP contribution in [0.1, 0.15) is 271 Å². The lowest BCUT2D eigenvalue weighted by atomic mass is 10.0. The van der Waals surface area contributed by atoms with Crippen LogP contribution >= 0.6 is 7.82 Å². The maximum Gasteiger partial charge on any atom is 0.472 e. The molecule has 0 heterocycles. The lowest BCUT2D eigenvalue weighted by Gasteiger charge is -2.24. The molecule has 0 saturated carbocycles. The number of hydrogen-bond donors (Lipinski definition) is 1. The van der Waals surface area contributed by atoms with Crippen molar-refractivity contribution < 1.29 is 42.1 Å². The Labute approximate surface area is 384 Å². The summed E-state index contributed by atoms with van der Waals surface area (Å²) in [6.07, 6.45) is 48.7. The van der Waals surface area contributed by atoms with Crippen molar-refractivity contribution in [2.45, 2.75) is 277 Å². The molecule has 0 saturated heterocycles. The first-order chi connectivity index (χ1) is 30.0. The number of rotatable bonds is 50. The van der Waals surface area contributed by atoms with Crippen LogP contribution in [0.4, 0.5) is 0 Å². The van der Waals surface area contributed by atoms with Gasteiger partial charge in [0.15, 0.2) is 6.10 Å². The van der Waals surface area contributed by atoms with Crippen LogP contribution in [0, 0.1) is 0 Å². The number of ether oxygens (including phenoxy) is 2. The summed E-state index contributed by atoms with van der Waals surface area (Å²) in [5.74, 6) is -0.776. The van der Waals surface area contributed by atoms with Crippen LogP contribution in [0.25, 0.3) is 0 Å². The van der Waals surface area contributed by atoms with Gasteiger partial charge in [-0.1, -0.05) is 245 Å². The molecule has 0 aromatic rings. The molecule has 0 aromatic carbocycles. The number of carbonyl (C=O) groups excluding carboxylic acids is 2. The number of phosphoric ester groups is 1. The molecule has 370 valence electrons. The first kappa shape index (κ1) is 61.0. The summed E-state index contributed by atoms with van der Waals surface area (Å²) in [6, 6.07) is 0. The zero-order valence-electron chi connectivity index (χ0n) is 41.9. The first-order valence-electron chi connectivity index (χ1n) is 26.8. The lowest BCUT2D eigenvalue weighted by molar-refractivity contribution is -0.870. The van der Waals surface area contributed by atoms with E-state index in [0.29, 0.717) is 17.4 Å². The Morgan fingerprint density at radius 2 is 0.726 bits per heavy atom. The summed E-state index contributed by atoms with van der Waals surface area (Å²) in [5.41, 5.74) is 0. The number of phosphoric acid groups is 1. The van der Waals surface area contributed by atoms with E-state index in [0.717, 1.165) is 38.5 Å². The largest absolute Gasteiger partial charge is 0.472 e. The smallest absolute Gasteiger partial charge is 0.462 e. The highest BCUT2D eigenvalue weighted by molar-refractivity contribution is 7.47. The highest BCUT2D eigenvalue weighted by Crippen LogP contribution is 2.43. The zero-order valence-corrected chi connectivity index (χ0v) is 42.8. The van der Waals surface area contributed by atoms with Crippen LogP contribution in [0.3, 0.4) is 0 Å². The maximum absolute atomic E-state index is 12.8. The van der Waals surface area contributed by atoms with Crippen LogP contribution in [-0.2, 0) is 32.7 Å². The van der Waals surface area contributed by atoms with Crippen LogP contribution in [0.2, 0.25) is 0 Å². The van der Waals surface area contributed by atoms with Gasteiger partial charge in [-0.15, -0.1) is 0 Å². The maximum atomic E-state index is 12.8. The van der Waals surface area contributed by atoms with E-state index in [2.05, 4.69) is 13.8 Å². The second-order valence-electron chi connectivity index (χ2n) is 19.6. The highest BCUT2D eigenvalue weighted by Gasteiger charge is 2.27. The summed E-state index contributed by atoms with van der Waals surface area (Å²) in [7, 11) is 1.50. The van der Waals surface area contributed by atoms with Crippen molar-refractivity contribution in [3.8, 4) is 0 Å². The third-order valence-corrected chi connectivity index (χ3v) is 13.1. The number of unbranched alkanes of at least 4 members (excludes halogenated alkanes) is 36. The van der Waals surface area contributed by atoms with Crippen molar-refractivity contribution in [1.82, 2.24) is 0 Å². The molecule has 9 nitrogen and oxygen atoms in total. The van der Waals surface area contributed by atoms with Crippen molar-refractivity contribution in [2.24, 2.45) is 0 Å². The fraction of sp³-hybridized carbons (Fsp3) is 0.962. The predicted molar refractivity (Wildman–Crippen MR) is 261 cm³/mol. The number of hydrogen-bond acceptors (Lipinski definition) is 7. The minimum atomic E-state index is -4.37. The molecule has 0 aliphatic rings. The van der Waals surface area contributed by atoms with Gasteiger partial charge >= 0.3 is 19.8 Å². The molecule has 62 heavy (non-hydrogen) atoms. The molecule has 0 spiro atoms. The molecule has 0 bridgehead atoms. The van der Waals surface area contributed by atoms with E-state index in [-0.39, 0.29) is 25.6 Å². The molecular formula is C52H105NO8P+. The average Bonchev–Trinajstić information content (AvgIpc) is 3.23. The number of carbonyl (C=O) groups is 2. The van der Waals surface area contributed by atoms with Gasteiger partial charge in [-0.2, -0.15) is 0 Å². The molecular weight excluding hydrogens is 798 g/mol. The molecule has 1 unspecified atom stereocenters. The summed E-state index contributed by atoms with van der Waals surface area (Å²) >= 11 is 0. The minimum Gasteiger partial charge on any atom is -0.462 e. The van der Waals surface area contributed by atoms with Gasteiger partial charge in [-0.3, -0.25) is 18.6 Å². The van der Waals surface area contributed by atoms with E-state index in [1.165, 1.54) is 205 Å². The topological polar surface area (TPSA) is 108 Å². The van der Waals surface area contributed by atoms with Gasteiger partial charge in [-0.05, 0) is 12.8 Å². The van der Waals surface area contributed by atoms with Crippen molar-refractivity contribution >= 4 is 19.8 Å². The average molecular weight is 903 g/mol. The summed E-state index contributed by atoms with van der Waals surface area (Å²) in [6.45, 7) is 4.49. The lowest BCUT2D eigenvalue weighted by Crippen LogP contribution is -2.37. The Bertz CT molecular complexity index is 1020. The molecule has 10 heteroatoms. The van der Waals surface area contributed by atoms with E-state index in [4.69, 9.17) is 18.5 Å². The van der Waals surface area contributed by atoms with E-state index in [1.807, 2.05) is 21.1 Å². The molecule has 2 atom stereocenters. The second kappa shape index (κ2) is 45.2. The van der Waals surface area contributed by atoms with Crippen molar-refractivity contribution in [3.63, 3.8) is 0 Å². The van der Waals surface area contributed by atoms with E-state index in [9.17, 15) is 19.0 Å². The Morgan fingerprint density at radius 3 is 1.03 bits per heavy atom. The molecule has 0 aliphatic carbocycles. The normalized spacial score (nSPS) is 13.3. The highest BCUT2D eigenvalue weighted by atomic mass is 31.2. The van der Waals surface area contributed by atoms with Gasteiger partial charge in [0.05, 0.1) is 27.7 Å². The quantitative estimate of drug-likeness (QED) is 0.0278. The van der Waals surface area contributed by atoms with E-state index in [1.54, 1.807) is 0 Å². The van der Waals surface area contributed by atoms with Gasteiger partial charge in [0.25, 0.3) is 0 Å². The SMILES string of the molecule is CCCCCCCCCCCCCCCCCCCCCCCCC(=O)O[C@H](COC(=O)CCCCCCCCCCCCCCCCCC)COP(=O)(O)OCC[N+](C)(C)C. The van der Waals surface area contributed by atoms with Crippen molar-refractivity contribution in [3.05, 3.63) is 0 Å². The molecule has 0 aromatic heterocycles. The van der Waals surface area contributed by atoms with Gasteiger partial charge in [0.1, 0.15) is 19.8 Å². The summed E-state index contributed by atoms with van der Waals surface area (Å²) in [5, 5.41) is 0. The standard InChI is InChI=1S/C52H104NO8P/c1-6-8-10-12-14-16-18-20-22-24-25-26-27-28-29-31-33-35-37-39-41-43-45-52(55)61-50(49-60-62(56,57)59-47-46-53(3,4)5)48-58-51(54)44-42-40-38-36-34-32-30-23-21-19-17-15-13-11-9-7-2/h50H,6-49H2,1-5H3/p+1/t50-/m1/s1. The Balaban J connectivity index is 4.16. The molecule has 0 rings (SSSR count). The van der Waals surface area contributed by atoms with Crippen LogP contribution in [0.15, 0.2) is 0 Å². The molecule has 0 fully saturated rings. The number of esters is 2. The first-order valence-corrected chi connectivity index (χ1v) is 28.3. The Kier molecular flexibility index (Phi) is 44.5. The van der Waals surface area contributed by atoms with Gasteiger partial charge in [-0.25, -0.2) is 4.57 Å². The third kappa shape index (κ3) is 48.5. The van der Waals surface area contributed by atoms with E-state index < -0.39 is 26.5 Å². The van der Waals surface area contributed by atoms with Crippen molar-refractivity contribution in [1.29, 1.82) is 0 Å². The fourth-order valence-corrected chi connectivity index (χ4v) is 8.70. The number of likely N-dealkylation sites (N-methyl/N-ethyl adjacent to an activating group) is 1. The predicted octanol–water partition coefficient (Wildman–Crippen LogP) is 15.9. The third-order valence-electron chi connectivity index (χ3n) is 12.1. The van der Waals surface area contributed by atoms with E-state index >= 15 is 0 Å². The molecule has 0 amide bonds. The van der Waals surface area contributed by atoms with Crippen molar-refractivity contribution in [2.75, 3.05) is 47.5 Å². The number of nitrogens with zero attached hydrogens (tertiary/aromatic N) is 1. The van der Waals surface area contributed by atoms with Gasteiger partial charge in [0, 0.05) is 12.8 Å². The van der Waals surface area contributed by atoms with Crippen LogP contribution in [0.5, 0.6) is 0 Å².